The van der Waals surface area contributed by atoms with Crippen molar-refractivity contribution in [2.45, 2.75) is 56.4 Å². The first-order valence-corrected chi connectivity index (χ1v) is 8.21. The Morgan fingerprint density at radius 1 is 1.26 bits per heavy atom. The van der Waals surface area contributed by atoms with Crippen LogP contribution in [0.15, 0.2) is 4.90 Å². The van der Waals surface area contributed by atoms with Crippen molar-refractivity contribution in [3.05, 3.63) is 5.69 Å². The zero-order valence-electron chi connectivity index (χ0n) is 11.5. The number of rotatable bonds is 3. The molecule has 0 aliphatic heterocycles. The third-order valence-electron chi connectivity index (χ3n) is 3.75. The highest BCUT2D eigenvalue weighted by Gasteiger charge is 2.27. The number of nitrogens with two attached hydrogens (primary N) is 1. The molecule has 108 valence electrons. The second-order valence-electron chi connectivity index (χ2n) is 5.23. The molecule has 0 saturated heterocycles. The maximum absolute atomic E-state index is 12.4. The van der Waals surface area contributed by atoms with Gasteiger partial charge in [-0.05, 0) is 19.8 Å². The molecule has 0 radical (unpaired) electrons. The van der Waals surface area contributed by atoms with E-state index in [1.807, 2.05) is 0 Å². The minimum absolute atomic E-state index is 0.0199. The first kappa shape index (κ1) is 14.3. The number of hydrogen-bond donors (Lipinski definition) is 2. The molecular formula is C12H22N4O2S. The molecule has 1 fully saturated rings. The van der Waals surface area contributed by atoms with E-state index in [-0.39, 0.29) is 16.8 Å². The van der Waals surface area contributed by atoms with Gasteiger partial charge in [-0.2, -0.15) is 5.10 Å². The van der Waals surface area contributed by atoms with Crippen LogP contribution in [0, 0.1) is 6.92 Å². The van der Waals surface area contributed by atoms with Crippen LogP contribution < -0.4 is 10.5 Å². The Morgan fingerprint density at radius 2 is 1.84 bits per heavy atom. The van der Waals surface area contributed by atoms with Crippen LogP contribution in [0.3, 0.4) is 0 Å². The number of nitrogens with one attached hydrogen (secondary N) is 1. The smallest absolute Gasteiger partial charge is 0.246 e. The third-order valence-corrected chi connectivity index (χ3v) is 5.44. The van der Waals surface area contributed by atoms with Gasteiger partial charge in [-0.25, -0.2) is 13.1 Å². The summed E-state index contributed by atoms with van der Waals surface area (Å²) in [7, 11) is -1.88. The summed E-state index contributed by atoms with van der Waals surface area (Å²) in [5, 5.41) is 3.96. The molecular weight excluding hydrogens is 264 g/mol. The molecule has 1 aliphatic carbocycles. The first-order chi connectivity index (χ1) is 8.92. The lowest BCUT2D eigenvalue weighted by Crippen LogP contribution is -2.35. The lowest BCUT2D eigenvalue weighted by molar-refractivity contribution is 0.509. The maximum atomic E-state index is 12.4. The van der Waals surface area contributed by atoms with E-state index in [0.717, 1.165) is 25.7 Å². The van der Waals surface area contributed by atoms with E-state index < -0.39 is 10.0 Å². The van der Waals surface area contributed by atoms with E-state index >= 15 is 0 Å². The fourth-order valence-electron chi connectivity index (χ4n) is 2.62. The van der Waals surface area contributed by atoms with Crippen molar-refractivity contribution >= 4 is 15.8 Å². The molecule has 0 aromatic carbocycles. The topological polar surface area (TPSA) is 90.0 Å². The van der Waals surface area contributed by atoms with Crippen LogP contribution >= 0.6 is 0 Å². The van der Waals surface area contributed by atoms with Crippen LogP contribution in [0.25, 0.3) is 0 Å². The fraction of sp³-hybridized carbons (Fsp3) is 0.750. The first-order valence-electron chi connectivity index (χ1n) is 6.73. The van der Waals surface area contributed by atoms with Crippen molar-refractivity contribution in [2.75, 3.05) is 5.73 Å². The highest BCUT2D eigenvalue weighted by molar-refractivity contribution is 7.89. The highest BCUT2D eigenvalue weighted by Crippen LogP contribution is 2.24. The van der Waals surface area contributed by atoms with Gasteiger partial charge in [-0.15, -0.1) is 0 Å². The molecule has 19 heavy (non-hydrogen) atoms. The Kier molecular flexibility index (Phi) is 4.15. The predicted octanol–water partition coefficient (Wildman–Crippen LogP) is 1.31. The van der Waals surface area contributed by atoms with Gasteiger partial charge in [-0.3, -0.25) is 4.68 Å². The van der Waals surface area contributed by atoms with Crippen molar-refractivity contribution in [2.24, 2.45) is 7.05 Å². The summed E-state index contributed by atoms with van der Waals surface area (Å²) in [6, 6.07) is 0.0199. The third kappa shape index (κ3) is 3.09. The Morgan fingerprint density at radius 3 is 2.32 bits per heavy atom. The van der Waals surface area contributed by atoms with E-state index in [1.54, 1.807) is 14.0 Å². The molecule has 1 saturated carbocycles. The molecule has 0 amide bonds. The second kappa shape index (κ2) is 5.50. The monoisotopic (exact) mass is 286 g/mol. The lowest BCUT2D eigenvalue weighted by Gasteiger charge is -2.16. The number of hydrogen-bond acceptors (Lipinski definition) is 4. The lowest BCUT2D eigenvalue weighted by atomic mass is 10.1. The number of sulfonamides is 1. The van der Waals surface area contributed by atoms with Gasteiger partial charge in [0.2, 0.25) is 10.0 Å². The number of nitrogens with zero attached hydrogens (tertiary/aromatic N) is 2. The van der Waals surface area contributed by atoms with E-state index in [9.17, 15) is 8.42 Å². The van der Waals surface area contributed by atoms with Crippen LogP contribution in [0.4, 0.5) is 5.82 Å². The molecule has 0 bridgehead atoms. The number of anilines is 1. The highest BCUT2D eigenvalue weighted by atomic mass is 32.2. The summed E-state index contributed by atoms with van der Waals surface area (Å²) in [5.41, 5.74) is 6.28. The van der Waals surface area contributed by atoms with Crippen LogP contribution in [0.5, 0.6) is 0 Å². The Bertz CT molecular complexity index is 542. The molecule has 1 aromatic rings. The summed E-state index contributed by atoms with van der Waals surface area (Å²) in [6.07, 6.45) is 6.33. The van der Waals surface area contributed by atoms with Gasteiger partial charge in [0.1, 0.15) is 4.90 Å². The van der Waals surface area contributed by atoms with Gasteiger partial charge in [-0.1, -0.05) is 25.7 Å². The van der Waals surface area contributed by atoms with Crippen molar-refractivity contribution in [3.8, 4) is 0 Å². The van der Waals surface area contributed by atoms with Gasteiger partial charge < -0.3 is 5.73 Å². The van der Waals surface area contributed by atoms with Crippen molar-refractivity contribution < 1.29 is 8.42 Å². The van der Waals surface area contributed by atoms with E-state index in [0.29, 0.717) is 5.69 Å². The standard InChI is InChI=1S/C12H22N4O2S/c1-9-11(12(13)14-16(9)2)19(17,18)15-10-7-5-3-4-6-8-10/h10,15H,3-8H2,1-2H3,(H2,13,14). The number of aromatic nitrogens is 2. The summed E-state index contributed by atoms with van der Waals surface area (Å²) in [6.45, 7) is 1.71. The molecule has 7 heteroatoms. The molecule has 2 rings (SSSR count). The van der Waals surface area contributed by atoms with Crippen LogP contribution in [-0.2, 0) is 17.1 Å². The molecule has 1 heterocycles. The van der Waals surface area contributed by atoms with Gasteiger partial charge in [0.05, 0.1) is 5.69 Å². The molecule has 6 nitrogen and oxygen atoms in total. The van der Waals surface area contributed by atoms with E-state index in [1.165, 1.54) is 17.5 Å². The summed E-state index contributed by atoms with van der Waals surface area (Å²) < 4.78 is 29.1. The van der Waals surface area contributed by atoms with Gasteiger partial charge in [0, 0.05) is 13.1 Å². The largest absolute Gasteiger partial charge is 0.381 e. The predicted molar refractivity (Wildman–Crippen MR) is 74.2 cm³/mol. The maximum Gasteiger partial charge on any atom is 0.246 e. The second-order valence-corrected chi connectivity index (χ2v) is 6.88. The molecule has 3 N–H and O–H groups in total. The van der Waals surface area contributed by atoms with Crippen LogP contribution in [0.1, 0.15) is 44.2 Å². The minimum Gasteiger partial charge on any atom is -0.381 e. The van der Waals surface area contributed by atoms with E-state index in [2.05, 4.69) is 9.82 Å². The Balaban J connectivity index is 2.22. The number of nitrogen functional groups attached to an aromatic ring is 1. The van der Waals surface area contributed by atoms with Gasteiger partial charge in [0.15, 0.2) is 5.82 Å². The van der Waals surface area contributed by atoms with Gasteiger partial charge >= 0.3 is 0 Å². The average molecular weight is 286 g/mol. The quantitative estimate of drug-likeness (QED) is 0.820. The molecule has 0 spiro atoms. The zero-order chi connectivity index (χ0) is 14.0. The van der Waals surface area contributed by atoms with Gasteiger partial charge in [0.25, 0.3) is 0 Å². The normalized spacial score (nSPS) is 18.4. The SMILES string of the molecule is Cc1c(S(=O)(=O)NC2CCCCCC2)c(N)nn1C. The van der Waals surface area contributed by atoms with Crippen LogP contribution in [0.2, 0.25) is 0 Å². The molecule has 0 atom stereocenters. The minimum atomic E-state index is -3.57. The van der Waals surface area contributed by atoms with Crippen molar-refractivity contribution in [3.63, 3.8) is 0 Å². The Labute approximate surface area is 114 Å². The average Bonchev–Trinajstić information content (AvgIpc) is 2.52. The molecule has 0 unspecified atom stereocenters. The van der Waals surface area contributed by atoms with Crippen LogP contribution in [-0.4, -0.2) is 24.2 Å². The molecule has 1 aliphatic rings. The summed E-state index contributed by atoms with van der Waals surface area (Å²) in [4.78, 5) is 0.124. The Hall–Kier alpha value is -1.08. The van der Waals surface area contributed by atoms with Crippen molar-refractivity contribution in [1.82, 2.24) is 14.5 Å². The zero-order valence-corrected chi connectivity index (χ0v) is 12.3. The fourth-order valence-corrected chi connectivity index (χ4v) is 4.25. The number of aryl methyl sites for hydroxylation is 1. The summed E-state index contributed by atoms with van der Waals surface area (Å²) >= 11 is 0. The van der Waals surface area contributed by atoms with Crippen molar-refractivity contribution in [1.29, 1.82) is 0 Å². The van der Waals surface area contributed by atoms with E-state index in [4.69, 9.17) is 5.73 Å². The summed E-state index contributed by atoms with van der Waals surface area (Å²) in [5.74, 6) is 0.0705. The molecule has 1 aromatic heterocycles.